The van der Waals surface area contributed by atoms with Gasteiger partial charge in [0.15, 0.2) is 0 Å². The van der Waals surface area contributed by atoms with Crippen molar-refractivity contribution in [3.8, 4) is 5.75 Å². The fourth-order valence-electron chi connectivity index (χ4n) is 1.52. The number of aromatic nitrogens is 3. The molecule has 4 nitrogen and oxygen atoms in total. The molecular weight excluding hydrogens is 304 g/mol. The van der Waals surface area contributed by atoms with Crippen LogP contribution in [0, 0.1) is 5.82 Å². The van der Waals surface area contributed by atoms with E-state index in [0.29, 0.717) is 17.8 Å². The van der Waals surface area contributed by atoms with Crippen LogP contribution < -0.4 is 61.6 Å². The van der Waals surface area contributed by atoms with Gasteiger partial charge in [0.05, 0.1) is 11.9 Å². The standard InChI is InChI=1S/C10H9BF4N3O.K/c1-18-5-8(16-17-18)6-19-10-4-7(12)2-3-9(10)11(13,14)15;/h2-5H,6H2,1H3;/q-1;+1. The molecule has 0 aliphatic rings. The van der Waals surface area contributed by atoms with Crippen molar-refractivity contribution < 1.29 is 73.5 Å². The SMILES string of the molecule is Cn1cc(COc2cc(F)ccc2[B-](F)(F)F)nn1.[K+]. The first-order chi connectivity index (χ1) is 8.86. The van der Waals surface area contributed by atoms with Gasteiger partial charge < -0.3 is 17.7 Å². The second-order valence-corrected chi connectivity index (χ2v) is 3.93. The van der Waals surface area contributed by atoms with E-state index in [9.17, 15) is 17.3 Å². The Hall–Kier alpha value is -0.419. The summed E-state index contributed by atoms with van der Waals surface area (Å²) in [6, 6.07) is 2.13. The third kappa shape index (κ3) is 4.55. The molecule has 0 radical (unpaired) electrons. The average molecular weight is 313 g/mol. The molecule has 0 aliphatic carbocycles. The van der Waals surface area contributed by atoms with Crippen LogP contribution in [0.4, 0.5) is 17.3 Å². The van der Waals surface area contributed by atoms with Crippen LogP contribution in [0.1, 0.15) is 5.69 Å². The summed E-state index contributed by atoms with van der Waals surface area (Å²) in [6.45, 7) is -5.48. The zero-order chi connectivity index (χ0) is 14.0. The summed E-state index contributed by atoms with van der Waals surface area (Å²) < 4.78 is 57.6. The maximum absolute atomic E-state index is 13.0. The predicted molar refractivity (Wildman–Crippen MR) is 60.4 cm³/mol. The Kier molecular flexibility index (Phi) is 6.20. The predicted octanol–water partition coefficient (Wildman–Crippen LogP) is -1.41. The van der Waals surface area contributed by atoms with Gasteiger partial charge >= 0.3 is 58.4 Å². The maximum atomic E-state index is 13.0. The smallest absolute Gasteiger partial charge is 0.490 e. The molecule has 20 heavy (non-hydrogen) atoms. The van der Waals surface area contributed by atoms with Crippen molar-refractivity contribution in [2.75, 3.05) is 0 Å². The van der Waals surface area contributed by atoms with Crippen molar-refractivity contribution in [3.05, 3.63) is 35.9 Å². The zero-order valence-corrected chi connectivity index (χ0v) is 14.0. The normalized spacial score (nSPS) is 11.1. The molecule has 0 bridgehead atoms. The average Bonchev–Trinajstić information content (AvgIpc) is 2.71. The molecular formula is C10H9BF4KN3O. The fraction of sp³-hybridized carbons (Fsp3) is 0.200. The fourth-order valence-corrected chi connectivity index (χ4v) is 1.52. The van der Waals surface area contributed by atoms with Crippen molar-refractivity contribution in [1.29, 1.82) is 0 Å². The van der Waals surface area contributed by atoms with Gasteiger partial charge in [-0.15, -0.1) is 5.10 Å². The van der Waals surface area contributed by atoms with Crippen molar-refractivity contribution in [2.45, 2.75) is 6.61 Å². The van der Waals surface area contributed by atoms with E-state index in [4.69, 9.17) is 4.74 Å². The van der Waals surface area contributed by atoms with Crippen LogP contribution in [0.2, 0.25) is 0 Å². The second-order valence-electron chi connectivity index (χ2n) is 3.93. The van der Waals surface area contributed by atoms with Crippen LogP contribution >= 0.6 is 0 Å². The molecule has 1 heterocycles. The van der Waals surface area contributed by atoms with Crippen LogP contribution in [0.15, 0.2) is 24.4 Å². The number of hydrogen-bond donors (Lipinski definition) is 0. The van der Waals surface area contributed by atoms with E-state index in [0.717, 1.165) is 6.07 Å². The van der Waals surface area contributed by atoms with Gasteiger partial charge in [0.2, 0.25) is 0 Å². The number of rotatable bonds is 4. The van der Waals surface area contributed by atoms with E-state index in [1.165, 1.54) is 10.9 Å². The Morgan fingerprint density at radius 2 is 2.00 bits per heavy atom. The Bertz CT molecular complexity index is 590. The van der Waals surface area contributed by atoms with Crippen molar-refractivity contribution >= 4 is 12.4 Å². The van der Waals surface area contributed by atoms with Crippen LogP contribution in [-0.4, -0.2) is 22.0 Å². The number of aryl methyl sites for hydroxylation is 1. The first-order valence-corrected chi connectivity index (χ1v) is 5.33. The van der Waals surface area contributed by atoms with Gasteiger partial charge in [0.25, 0.3) is 0 Å². The molecule has 10 heteroatoms. The van der Waals surface area contributed by atoms with E-state index in [1.54, 1.807) is 7.05 Å². The Morgan fingerprint density at radius 3 is 2.55 bits per heavy atom. The summed E-state index contributed by atoms with van der Waals surface area (Å²) in [7, 11) is 1.61. The molecule has 0 unspecified atom stereocenters. The topological polar surface area (TPSA) is 39.9 Å². The first-order valence-electron chi connectivity index (χ1n) is 5.33. The Labute approximate surface area is 155 Å². The molecule has 1 aromatic carbocycles. The molecule has 1 aromatic heterocycles. The monoisotopic (exact) mass is 313 g/mol. The zero-order valence-electron chi connectivity index (χ0n) is 10.9. The third-order valence-corrected chi connectivity index (χ3v) is 2.35. The van der Waals surface area contributed by atoms with Gasteiger partial charge in [-0.2, -0.15) is 0 Å². The van der Waals surface area contributed by atoms with Crippen molar-refractivity contribution in [2.24, 2.45) is 7.05 Å². The van der Waals surface area contributed by atoms with Crippen LogP contribution in [0.3, 0.4) is 0 Å². The van der Waals surface area contributed by atoms with E-state index < -0.39 is 24.0 Å². The van der Waals surface area contributed by atoms with Gasteiger partial charge in [-0.25, -0.2) is 4.39 Å². The molecule has 0 saturated heterocycles. The molecule has 0 spiro atoms. The molecule has 0 N–H and O–H groups in total. The van der Waals surface area contributed by atoms with Gasteiger partial charge in [0.1, 0.15) is 18.1 Å². The van der Waals surface area contributed by atoms with E-state index in [-0.39, 0.29) is 58.0 Å². The summed E-state index contributed by atoms with van der Waals surface area (Å²) in [5.41, 5.74) is -0.613. The largest absolute Gasteiger partial charge is 1.00 e. The molecule has 0 fully saturated rings. The van der Waals surface area contributed by atoms with Gasteiger partial charge in [-0.05, 0) is 6.07 Å². The molecule has 2 rings (SSSR count). The summed E-state index contributed by atoms with van der Waals surface area (Å²) in [4.78, 5) is 0. The molecule has 0 aliphatic heterocycles. The molecule has 0 amide bonds. The summed E-state index contributed by atoms with van der Waals surface area (Å²) in [5.74, 6) is -1.34. The van der Waals surface area contributed by atoms with E-state index in [2.05, 4.69) is 10.3 Å². The minimum absolute atomic E-state index is 0. The van der Waals surface area contributed by atoms with Gasteiger partial charge in [0, 0.05) is 13.1 Å². The van der Waals surface area contributed by atoms with Gasteiger partial charge in [-0.3, -0.25) is 4.68 Å². The number of hydrogen-bond acceptors (Lipinski definition) is 3. The number of ether oxygens (including phenoxy) is 1. The van der Waals surface area contributed by atoms with Crippen LogP contribution in [0.25, 0.3) is 0 Å². The maximum Gasteiger partial charge on any atom is 1.00 e. The van der Waals surface area contributed by atoms with Crippen molar-refractivity contribution in [1.82, 2.24) is 15.0 Å². The second kappa shape index (κ2) is 7.03. The minimum Gasteiger partial charge on any atom is -0.490 e. The molecule has 0 saturated carbocycles. The Balaban J connectivity index is 0.00000200. The van der Waals surface area contributed by atoms with Crippen LogP contribution in [-0.2, 0) is 13.7 Å². The van der Waals surface area contributed by atoms with Crippen LogP contribution in [0.5, 0.6) is 5.75 Å². The van der Waals surface area contributed by atoms with Gasteiger partial charge in [-0.1, -0.05) is 16.7 Å². The molecule has 102 valence electrons. The Morgan fingerprint density at radius 1 is 1.30 bits per heavy atom. The molecule has 2 aromatic rings. The summed E-state index contributed by atoms with van der Waals surface area (Å²) >= 11 is 0. The number of benzene rings is 1. The quantitative estimate of drug-likeness (QED) is 0.514. The van der Waals surface area contributed by atoms with Crippen molar-refractivity contribution in [3.63, 3.8) is 0 Å². The first kappa shape index (κ1) is 17.6. The van der Waals surface area contributed by atoms with E-state index in [1.807, 2.05) is 0 Å². The van der Waals surface area contributed by atoms with E-state index >= 15 is 0 Å². The number of halogens is 4. The molecule has 0 atom stereocenters. The summed E-state index contributed by atoms with van der Waals surface area (Å²) in [5, 5.41) is 7.28. The third-order valence-electron chi connectivity index (χ3n) is 2.35. The summed E-state index contributed by atoms with van der Waals surface area (Å²) in [6.07, 6.45) is 1.50. The number of nitrogens with zero attached hydrogens (tertiary/aromatic N) is 3. The minimum atomic E-state index is -5.26.